The summed E-state index contributed by atoms with van der Waals surface area (Å²) in [5.41, 5.74) is 6.85. The third-order valence-corrected chi connectivity index (χ3v) is 4.16. The quantitative estimate of drug-likeness (QED) is 0.746. The molecule has 0 heterocycles. The van der Waals surface area contributed by atoms with Crippen molar-refractivity contribution >= 4 is 5.91 Å². The van der Waals surface area contributed by atoms with Crippen molar-refractivity contribution < 1.29 is 19.0 Å². The van der Waals surface area contributed by atoms with Crippen molar-refractivity contribution in [3.05, 3.63) is 17.7 Å². The van der Waals surface area contributed by atoms with Gasteiger partial charge in [-0.3, -0.25) is 4.79 Å². The Labute approximate surface area is 144 Å². The molecule has 136 valence electrons. The van der Waals surface area contributed by atoms with Crippen molar-refractivity contribution in [2.75, 3.05) is 34.9 Å². The van der Waals surface area contributed by atoms with E-state index in [9.17, 15) is 4.79 Å². The van der Waals surface area contributed by atoms with Crippen molar-refractivity contribution in [1.82, 2.24) is 4.90 Å². The maximum absolute atomic E-state index is 12.4. The van der Waals surface area contributed by atoms with E-state index in [4.69, 9.17) is 19.9 Å². The van der Waals surface area contributed by atoms with Gasteiger partial charge >= 0.3 is 0 Å². The molecule has 0 spiro atoms. The van der Waals surface area contributed by atoms with Gasteiger partial charge in [0.05, 0.1) is 27.8 Å². The Morgan fingerprint density at radius 1 is 1.12 bits per heavy atom. The molecule has 0 radical (unpaired) electrons. The standard InChI is InChI=1S/C18H30N2O4/c1-12(2)14(19)7-8-20(3)17(21)11-13-9-15(22-4)18(24-6)16(10-13)23-5/h9-10,12,14H,7-8,11,19H2,1-6H3. The summed E-state index contributed by atoms with van der Waals surface area (Å²) in [7, 11) is 6.47. The molecule has 1 atom stereocenters. The molecule has 0 aliphatic carbocycles. The maximum atomic E-state index is 12.4. The normalized spacial score (nSPS) is 12.0. The Hall–Kier alpha value is -1.95. The molecule has 0 aliphatic rings. The van der Waals surface area contributed by atoms with Gasteiger partial charge in [0, 0.05) is 19.6 Å². The summed E-state index contributed by atoms with van der Waals surface area (Å²) in [5.74, 6) is 2.05. The maximum Gasteiger partial charge on any atom is 0.226 e. The van der Waals surface area contributed by atoms with Crippen molar-refractivity contribution in [2.45, 2.75) is 32.7 Å². The Bertz CT molecular complexity index is 521. The van der Waals surface area contributed by atoms with Gasteiger partial charge < -0.3 is 24.8 Å². The second-order valence-corrected chi connectivity index (χ2v) is 6.22. The van der Waals surface area contributed by atoms with Crippen LogP contribution in [0.4, 0.5) is 0 Å². The van der Waals surface area contributed by atoms with Crippen LogP contribution in [0, 0.1) is 5.92 Å². The number of hydrogen-bond acceptors (Lipinski definition) is 5. The largest absolute Gasteiger partial charge is 0.493 e. The van der Waals surface area contributed by atoms with Crippen LogP contribution in [0.1, 0.15) is 25.8 Å². The van der Waals surface area contributed by atoms with E-state index >= 15 is 0 Å². The number of amides is 1. The Kier molecular flexibility index (Phi) is 7.85. The summed E-state index contributed by atoms with van der Waals surface area (Å²) < 4.78 is 15.9. The highest BCUT2D eigenvalue weighted by Crippen LogP contribution is 2.38. The highest BCUT2D eigenvalue weighted by Gasteiger charge is 2.17. The summed E-state index contributed by atoms with van der Waals surface area (Å²) in [6.07, 6.45) is 1.05. The molecule has 6 nitrogen and oxygen atoms in total. The summed E-state index contributed by atoms with van der Waals surface area (Å²) in [4.78, 5) is 14.1. The average molecular weight is 338 g/mol. The molecule has 0 saturated carbocycles. The van der Waals surface area contributed by atoms with E-state index in [1.165, 1.54) is 0 Å². The predicted molar refractivity (Wildman–Crippen MR) is 94.9 cm³/mol. The SMILES string of the molecule is COc1cc(CC(=O)N(C)CCC(N)C(C)C)cc(OC)c1OC. The molecule has 1 rings (SSSR count). The van der Waals surface area contributed by atoms with Gasteiger partial charge in [-0.05, 0) is 30.0 Å². The van der Waals surface area contributed by atoms with E-state index in [1.807, 2.05) is 0 Å². The highest BCUT2D eigenvalue weighted by atomic mass is 16.5. The zero-order valence-electron chi connectivity index (χ0n) is 15.6. The number of rotatable bonds is 9. The van der Waals surface area contributed by atoms with E-state index in [-0.39, 0.29) is 18.4 Å². The monoisotopic (exact) mass is 338 g/mol. The molecule has 2 N–H and O–H groups in total. The molecule has 1 unspecified atom stereocenters. The molecule has 0 saturated heterocycles. The lowest BCUT2D eigenvalue weighted by molar-refractivity contribution is -0.129. The lowest BCUT2D eigenvalue weighted by Gasteiger charge is -2.22. The van der Waals surface area contributed by atoms with Gasteiger partial charge in [0.1, 0.15) is 0 Å². The number of benzene rings is 1. The number of carbonyl (C=O) groups excluding carboxylic acids is 1. The lowest BCUT2D eigenvalue weighted by atomic mass is 10.0. The fourth-order valence-corrected chi connectivity index (χ4v) is 2.35. The molecule has 0 bridgehead atoms. The number of nitrogens with two attached hydrogens (primary N) is 1. The third kappa shape index (κ3) is 5.30. The first-order valence-electron chi connectivity index (χ1n) is 8.12. The van der Waals surface area contributed by atoms with Crippen LogP contribution in [-0.2, 0) is 11.2 Å². The van der Waals surface area contributed by atoms with Crippen molar-refractivity contribution in [3.8, 4) is 17.2 Å². The smallest absolute Gasteiger partial charge is 0.226 e. The van der Waals surface area contributed by atoms with Gasteiger partial charge in [-0.25, -0.2) is 0 Å². The number of likely N-dealkylation sites (N-methyl/N-ethyl adjacent to an activating group) is 1. The van der Waals surface area contributed by atoms with Crippen LogP contribution in [0.25, 0.3) is 0 Å². The molecule has 24 heavy (non-hydrogen) atoms. The van der Waals surface area contributed by atoms with Crippen LogP contribution in [-0.4, -0.2) is 51.8 Å². The summed E-state index contributed by atoms with van der Waals surface area (Å²) >= 11 is 0. The van der Waals surface area contributed by atoms with Crippen LogP contribution >= 0.6 is 0 Å². The fourth-order valence-electron chi connectivity index (χ4n) is 2.35. The molecular weight excluding hydrogens is 308 g/mol. The molecule has 0 aliphatic heterocycles. The molecule has 1 amide bonds. The van der Waals surface area contributed by atoms with E-state index in [1.54, 1.807) is 45.4 Å². The van der Waals surface area contributed by atoms with Gasteiger partial charge in [0.15, 0.2) is 11.5 Å². The summed E-state index contributed by atoms with van der Waals surface area (Å²) in [5, 5.41) is 0. The molecule has 1 aromatic rings. The molecule has 0 fully saturated rings. The first kappa shape index (κ1) is 20.1. The minimum absolute atomic E-state index is 0.0280. The topological polar surface area (TPSA) is 74.0 Å². The number of methoxy groups -OCH3 is 3. The van der Waals surface area contributed by atoms with Gasteiger partial charge in [0.2, 0.25) is 11.7 Å². The number of nitrogens with zero attached hydrogens (tertiary/aromatic N) is 1. The van der Waals surface area contributed by atoms with Crippen LogP contribution in [0.15, 0.2) is 12.1 Å². The average Bonchev–Trinajstić information content (AvgIpc) is 2.57. The predicted octanol–water partition coefficient (Wildman–Crippen LogP) is 2.09. The minimum atomic E-state index is 0.0280. The Morgan fingerprint density at radius 2 is 1.67 bits per heavy atom. The van der Waals surface area contributed by atoms with Gasteiger partial charge in [-0.1, -0.05) is 13.8 Å². The molecule has 6 heteroatoms. The fraction of sp³-hybridized carbons (Fsp3) is 0.611. The summed E-state index contributed by atoms with van der Waals surface area (Å²) in [6.45, 7) is 4.81. The lowest BCUT2D eigenvalue weighted by Crippen LogP contribution is -2.35. The third-order valence-electron chi connectivity index (χ3n) is 4.16. The Balaban J connectivity index is 2.79. The first-order chi connectivity index (χ1) is 11.3. The van der Waals surface area contributed by atoms with Crippen LogP contribution in [0.3, 0.4) is 0 Å². The number of carbonyl (C=O) groups is 1. The number of ether oxygens (including phenoxy) is 3. The Morgan fingerprint density at radius 3 is 2.08 bits per heavy atom. The van der Waals surface area contributed by atoms with Gasteiger partial charge in [-0.2, -0.15) is 0 Å². The second kappa shape index (κ2) is 9.37. The van der Waals surface area contributed by atoms with Crippen molar-refractivity contribution in [3.63, 3.8) is 0 Å². The molecule has 1 aromatic carbocycles. The van der Waals surface area contributed by atoms with Crippen LogP contribution < -0.4 is 19.9 Å². The van der Waals surface area contributed by atoms with E-state index in [0.29, 0.717) is 29.7 Å². The zero-order valence-corrected chi connectivity index (χ0v) is 15.6. The zero-order chi connectivity index (χ0) is 18.3. The van der Waals surface area contributed by atoms with Crippen molar-refractivity contribution in [2.24, 2.45) is 11.7 Å². The molecule has 0 aromatic heterocycles. The summed E-state index contributed by atoms with van der Waals surface area (Å²) in [6, 6.07) is 3.70. The van der Waals surface area contributed by atoms with Gasteiger partial charge in [-0.15, -0.1) is 0 Å². The van der Waals surface area contributed by atoms with Crippen LogP contribution in [0.2, 0.25) is 0 Å². The second-order valence-electron chi connectivity index (χ2n) is 6.22. The van der Waals surface area contributed by atoms with E-state index in [2.05, 4.69) is 13.8 Å². The van der Waals surface area contributed by atoms with Gasteiger partial charge in [0.25, 0.3) is 0 Å². The minimum Gasteiger partial charge on any atom is -0.493 e. The van der Waals surface area contributed by atoms with E-state index < -0.39 is 0 Å². The van der Waals surface area contributed by atoms with Crippen molar-refractivity contribution in [1.29, 1.82) is 0 Å². The van der Waals surface area contributed by atoms with E-state index in [0.717, 1.165) is 12.0 Å². The molecular formula is C18H30N2O4. The van der Waals surface area contributed by atoms with Crippen LogP contribution in [0.5, 0.6) is 17.2 Å². The highest BCUT2D eigenvalue weighted by molar-refractivity contribution is 5.79. The first-order valence-corrected chi connectivity index (χ1v) is 8.12. The number of hydrogen-bond donors (Lipinski definition) is 1.